The van der Waals surface area contributed by atoms with Crippen molar-refractivity contribution in [3.63, 3.8) is 0 Å². The Kier molecular flexibility index (Phi) is 8.33. The van der Waals surface area contributed by atoms with Gasteiger partial charge in [0.2, 0.25) is 11.8 Å². The molecule has 1 unspecified atom stereocenters. The summed E-state index contributed by atoms with van der Waals surface area (Å²) in [5.41, 5.74) is 4.14. The van der Waals surface area contributed by atoms with Crippen molar-refractivity contribution in [3.8, 4) is 5.75 Å². The number of carbonyl (C=O) groups is 2. The van der Waals surface area contributed by atoms with Crippen LogP contribution in [0.1, 0.15) is 29.8 Å². The third-order valence-corrected chi connectivity index (χ3v) is 6.26. The fourth-order valence-corrected chi connectivity index (χ4v) is 4.51. The molecule has 1 aliphatic heterocycles. The predicted octanol–water partition coefficient (Wildman–Crippen LogP) is 4.09. The van der Waals surface area contributed by atoms with Crippen LogP contribution in [0, 0.1) is 13.8 Å². The molecule has 3 aromatic rings. The Hall–Kier alpha value is -3.43. The number of amides is 2. The molecule has 8 nitrogen and oxygen atoms in total. The van der Waals surface area contributed by atoms with E-state index in [1.807, 2.05) is 68.4 Å². The van der Waals surface area contributed by atoms with Gasteiger partial charge >= 0.3 is 0 Å². The van der Waals surface area contributed by atoms with Crippen LogP contribution in [0.2, 0.25) is 0 Å². The summed E-state index contributed by atoms with van der Waals surface area (Å²) in [6, 6.07) is 16.7. The number of anilines is 2. The Morgan fingerprint density at radius 3 is 2.51 bits per heavy atom. The van der Waals surface area contributed by atoms with E-state index in [4.69, 9.17) is 4.74 Å². The van der Waals surface area contributed by atoms with Gasteiger partial charge in [0.25, 0.3) is 0 Å². The number of hydrogen-bond acceptors (Lipinski definition) is 7. The number of rotatable bonds is 9. The maximum Gasteiger partial charge on any atom is 0.241 e. The average Bonchev–Trinajstić information content (AvgIpc) is 3.37. The molecule has 0 saturated carbocycles. The van der Waals surface area contributed by atoms with E-state index >= 15 is 0 Å². The predicted molar refractivity (Wildman–Crippen MR) is 138 cm³/mol. The number of carbonyl (C=O) groups excluding carboxylic acids is 2. The zero-order valence-electron chi connectivity index (χ0n) is 19.8. The first-order valence-corrected chi connectivity index (χ1v) is 12.5. The van der Waals surface area contributed by atoms with Crippen LogP contribution in [0.3, 0.4) is 0 Å². The normalized spacial score (nSPS) is 15.0. The van der Waals surface area contributed by atoms with Crippen molar-refractivity contribution in [1.29, 1.82) is 0 Å². The van der Waals surface area contributed by atoms with E-state index in [2.05, 4.69) is 25.9 Å². The molecule has 1 aromatic heterocycles. The van der Waals surface area contributed by atoms with Crippen molar-refractivity contribution >= 4 is 35.0 Å². The van der Waals surface area contributed by atoms with Crippen molar-refractivity contribution < 1.29 is 14.3 Å². The molecule has 0 bridgehead atoms. The lowest BCUT2D eigenvalue weighted by Gasteiger charge is -2.12. The number of aryl methyl sites for hydroxylation is 2. The first kappa shape index (κ1) is 24.7. The molecule has 0 spiro atoms. The zero-order chi connectivity index (χ0) is 24.6. The Bertz CT molecular complexity index is 1160. The van der Waals surface area contributed by atoms with Crippen LogP contribution in [-0.4, -0.2) is 40.1 Å². The highest BCUT2D eigenvalue weighted by atomic mass is 32.2. The SMILES string of the molecule is Cc1cc(C)nc(SCC(=O)Nc2cccc(COc3ccc(NC(=O)C4CCCN4)cc3)c2)n1. The number of aromatic nitrogens is 2. The van der Waals surface area contributed by atoms with Crippen LogP contribution in [0.4, 0.5) is 11.4 Å². The van der Waals surface area contributed by atoms with Gasteiger partial charge in [-0.3, -0.25) is 9.59 Å². The second kappa shape index (κ2) is 11.8. The lowest BCUT2D eigenvalue weighted by molar-refractivity contribution is -0.117. The minimum atomic E-state index is -0.124. The summed E-state index contributed by atoms with van der Waals surface area (Å²) in [4.78, 5) is 33.3. The number of nitrogens with one attached hydrogen (secondary N) is 3. The van der Waals surface area contributed by atoms with Crippen LogP contribution in [-0.2, 0) is 16.2 Å². The van der Waals surface area contributed by atoms with Crippen LogP contribution < -0.4 is 20.7 Å². The highest BCUT2D eigenvalue weighted by Gasteiger charge is 2.21. The summed E-state index contributed by atoms with van der Waals surface area (Å²) in [6.07, 6.45) is 1.89. The van der Waals surface area contributed by atoms with Crippen molar-refractivity contribution in [3.05, 3.63) is 71.5 Å². The van der Waals surface area contributed by atoms with Gasteiger partial charge in [0, 0.05) is 22.8 Å². The number of nitrogens with zero attached hydrogens (tertiary/aromatic N) is 2. The van der Waals surface area contributed by atoms with Crippen molar-refractivity contribution in [2.75, 3.05) is 22.9 Å². The molecular formula is C26H29N5O3S. The van der Waals surface area contributed by atoms with Gasteiger partial charge in [0.05, 0.1) is 11.8 Å². The Morgan fingerprint density at radius 2 is 1.80 bits per heavy atom. The molecule has 1 atom stereocenters. The molecule has 182 valence electrons. The standard InChI is InChI=1S/C26H29N5O3S/c1-17-13-18(2)29-26(28-17)35-16-24(32)30-21-6-3-5-19(14-21)15-34-22-10-8-20(9-11-22)31-25(33)23-7-4-12-27-23/h3,5-6,8-11,13-14,23,27H,4,7,12,15-16H2,1-2H3,(H,30,32)(H,31,33). The van der Waals surface area contributed by atoms with Gasteiger partial charge in [-0.2, -0.15) is 0 Å². The number of benzene rings is 2. The Balaban J connectivity index is 1.25. The number of thioether (sulfide) groups is 1. The molecule has 0 radical (unpaired) electrons. The summed E-state index contributed by atoms with van der Waals surface area (Å²) in [6.45, 7) is 5.06. The van der Waals surface area contributed by atoms with E-state index < -0.39 is 0 Å². The van der Waals surface area contributed by atoms with Crippen molar-refractivity contribution in [2.24, 2.45) is 0 Å². The second-order valence-electron chi connectivity index (χ2n) is 8.42. The summed E-state index contributed by atoms with van der Waals surface area (Å²) in [5.74, 6) is 0.793. The maximum absolute atomic E-state index is 12.4. The number of ether oxygens (including phenoxy) is 1. The minimum Gasteiger partial charge on any atom is -0.489 e. The van der Waals surface area contributed by atoms with Gasteiger partial charge in [-0.25, -0.2) is 9.97 Å². The van der Waals surface area contributed by atoms with Crippen LogP contribution in [0.15, 0.2) is 59.8 Å². The van der Waals surface area contributed by atoms with E-state index in [9.17, 15) is 9.59 Å². The highest BCUT2D eigenvalue weighted by molar-refractivity contribution is 7.99. The molecule has 4 rings (SSSR count). The topological polar surface area (TPSA) is 105 Å². The Morgan fingerprint density at radius 1 is 1.03 bits per heavy atom. The van der Waals surface area contributed by atoms with E-state index in [0.717, 1.165) is 42.0 Å². The smallest absolute Gasteiger partial charge is 0.241 e. The van der Waals surface area contributed by atoms with Gasteiger partial charge in [0.1, 0.15) is 12.4 Å². The summed E-state index contributed by atoms with van der Waals surface area (Å²) < 4.78 is 5.88. The molecular weight excluding hydrogens is 462 g/mol. The second-order valence-corrected chi connectivity index (χ2v) is 9.36. The monoisotopic (exact) mass is 491 g/mol. The number of hydrogen-bond donors (Lipinski definition) is 3. The molecule has 35 heavy (non-hydrogen) atoms. The summed E-state index contributed by atoms with van der Waals surface area (Å²) in [7, 11) is 0. The van der Waals surface area contributed by atoms with Gasteiger partial charge in [-0.15, -0.1) is 0 Å². The van der Waals surface area contributed by atoms with E-state index in [-0.39, 0.29) is 23.6 Å². The van der Waals surface area contributed by atoms with Crippen molar-refractivity contribution in [2.45, 2.75) is 44.5 Å². The van der Waals surface area contributed by atoms with Gasteiger partial charge < -0.3 is 20.7 Å². The van der Waals surface area contributed by atoms with E-state index in [0.29, 0.717) is 23.2 Å². The third kappa shape index (κ3) is 7.53. The molecule has 3 N–H and O–H groups in total. The van der Waals surface area contributed by atoms with E-state index in [1.54, 1.807) is 0 Å². The highest BCUT2D eigenvalue weighted by Crippen LogP contribution is 2.20. The summed E-state index contributed by atoms with van der Waals surface area (Å²) in [5, 5.41) is 9.63. The third-order valence-electron chi connectivity index (χ3n) is 5.41. The first-order valence-electron chi connectivity index (χ1n) is 11.6. The van der Waals surface area contributed by atoms with E-state index in [1.165, 1.54) is 11.8 Å². The average molecular weight is 492 g/mol. The van der Waals surface area contributed by atoms with Crippen LogP contribution >= 0.6 is 11.8 Å². The molecule has 9 heteroatoms. The fourth-order valence-electron chi connectivity index (χ4n) is 3.76. The maximum atomic E-state index is 12.4. The molecule has 2 heterocycles. The fraction of sp³-hybridized carbons (Fsp3) is 0.308. The minimum absolute atomic E-state index is 0.00467. The van der Waals surface area contributed by atoms with Crippen LogP contribution in [0.25, 0.3) is 0 Å². The lowest BCUT2D eigenvalue weighted by Crippen LogP contribution is -2.35. The first-order chi connectivity index (χ1) is 16.9. The molecule has 1 aliphatic rings. The quantitative estimate of drug-likeness (QED) is 0.306. The molecule has 2 amide bonds. The van der Waals surface area contributed by atoms with Gasteiger partial charge in [-0.05, 0) is 81.3 Å². The molecule has 1 saturated heterocycles. The lowest BCUT2D eigenvalue weighted by atomic mass is 10.2. The molecule has 1 fully saturated rings. The van der Waals surface area contributed by atoms with Crippen LogP contribution in [0.5, 0.6) is 5.75 Å². The summed E-state index contributed by atoms with van der Waals surface area (Å²) >= 11 is 1.31. The molecule has 0 aliphatic carbocycles. The largest absolute Gasteiger partial charge is 0.489 e. The van der Waals surface area contributed by atoms with Crippen molar-refractivity contribution in [1.82, 2.24) is 15.3 Å². The van der Waals surface area contributed by atoms with Gasteiger partial charge in [0.15, 0.2) is 5.16 Å². The molecule has 2 aromatic carbocycles. The zero-order valence-corrected chi connectivity index (χ0v) is 20.7. The Labute approximate surface area is 209 Å². The van der Waals surface area contributed by atoms with Gasteiger partial charge in [-0.1, -0.05) is 23.9 Å².